The highest BCUT2D eigenvalue weighted by atomic mass is 19.1. The number of piperidine rings is 1. The zero-order valence-corrected chi connectivity index (χ0v) is 12.3. The van der Waals surface area contributed by atoms with Gasteiger partial charge in [-0.2, -0.15) is 5.26 Å². The molecule has 116 valence electrons. The molecular weight excluding hydrogens is 295 g/mol. The maximum absolute atomic E-state index is 14.0. The Bertz CT molecular complexity index is 757. The number of amides is 1. The molecule has 2 atom stereocenters. The number of anilines is 1. The molecule has 0 aliphatic carbocycles. The molecule has 0 bridgehead atoms. The van der Waals surface area contributed by atoms with E-state index in [4.69, 9.17) is 5.26 Å². The van der Waals surface area contributed by atoms with Crippen LogP contribution in [0.1, 0.15) is 30.0 Å². The van der Waals surface area contributed by atoms with Gasteiger partial charge in [0.1, 0.15) is 6.07 Å². The molecule has 1 aliphatic heterocycles. The van der Waals surface area contributed by atoms with Gasteiger partial charge in [-0.1, -0.05) is 30.3 Å². The second-order valence-electron chi connectivity index (χ2n) is 5.41. The number of benzene rings is 1. The third kappa shape index (κ3) is 3.29. The fraction of sp³-hybridized carbons (Fsp3) is 0.235. The molecule has 1 aromatic carbocycles. The topological polar surface area (TPSA) is 77.8 Å². The zero-order valence-electron chi connectivity index (χ0n) is 12.3. The number of nitriles is 1. The molecule has 0 unspecified atom stereocenters. The highest BCUT2D eigenvalue weighted by Crippen LogP contribution is 2.27. The van der Waals surface area contributed by atoms with Crippen LogP contribution in [-0.2, 0) is 4.79 Å². The molecule has 1 amide bonds. The molecule has 0 spiro atoms. The standard InChI is InChI=1S/C17H15FN4O/c18-13-8-11(9-19)10-20-17(13)21-14-6-7-15(23)22-16(14)12-4-2-1-3-5-12/h1-5,8,10,14,16H,6-7H2,(H,20,21)(H,22,23)/t14-,16+/m1/s1. The normalized spacial score (nSPS) is 20.4. The molecule has 0 saturated carbocycles. The first-order chi connectivity index (χ1) is 11.2. The first-order valence-electron chi connectivity index (χ1n) is 7.34. The molecule has 1 aliphatic rings. The summed E-state index contributed by atoms with van der Waals surface area (Å²) in [6.45, 7) is 0. The lowest BCUT2D eigenvalue weighted by molar-refractivity contribution is -0.123. The smallest absolute Gasteiger partial charge is 0.220 e. The number of halogens is 1. The summed E-state index contributed by atoms with van der Waals surface area (Å²) in [5.41, 5.74) is 1.12. The summed E-state index contributed by atoms with van der Waals surface area (Å²) in [4.78, 5) is 15.7. The number of nitrogens with zero attached hydrogens (tertiary/aromatic N) is 2. The van der Waals surface area contributed by atoms with Gasteiger partial charge in [0.15, 0.2) is 11.6 Å². The van der Waals surface area contributed by atoms with Gasteiger partial charge in [-0.15, -0.1) is 0 Å². The van der Waals surface area contributed by atoms with E-state index in [9.17, 15) is 9.18 Å². The van der Waals surface area contributed by atoms with E-state index in [-0.39, 0.29) is 29.4 Å². The summed E-state index contributed by atoms with van der Waals surface area (Å²) in [5, 5.41) is 14.8. The summed E-state index contributed by atoms with van der Waals surface area (Å²) in [6.07, 6.45) is 2.27. The van der Waals surface area contributed by atoms with E-state index < -0.39 is 5.82 Å². The Morgan fingerprint density at radius 3 is 2.83 bits per heavy atom. The quantitative estimate of drug-likeness (QED) is 0.913. The van der Waals surface area contributed by atoms with Crippen molar-refractivity contribution in [2.24, 2.45) is 0 Å². The van der Waals surface area contributed by atoms with Crippen molar-refractivity contribution in [3.8, 4) is 6.07 Å². The summed E-state index contributed by atoms with van der Waals surface area (Å²) >= 11 is 0. The van der Waals surface area contributed by atoms with Crippen LogP contribution in [0, 0.1) is 17.1 Å². The fourth-order valence-corrected chi connectivity index (χ4v) is 2.71. The van der Waals surface area contributed by atoms with Crippen molar-refractivity contribution in [3.63, 3.8) is 0 Å². The van der Waals surface area contributed by atoms with E-state index in [2.05, 4.69) is 15.6 Å². The van der Waals surface area contributed by atoms with Crippen molar-refractivity contribution in [1.82, 2.24) is 10.3 Å². The number of rotatable bonds is 3. The van der Waals surface area contributed by atoms with Crippen LogP contribution in [-0.4, -0.2) is 16.9 Å². The van der Waals surface area contributed by atoms with E-state index in [1.807, 2.05) is 36.4 Å². The molecule has 1 saturated heterocycles. The Morgan fingerprint density at radius 1 is 1.35 bits per heavy atom. The van der Waals surface area contributed by atoms with Gasteiger partial charge in [0.25, 0.3) is 0 Å². The molecule has 1 aromatic heterocycles. The largest absolute Gasteiger partial charge is 0.362 e. The zero-order chi connectivity index (χ0) is 16.2. The first-order valence-corrected chi connectivity index (χ1v) is 7.34. The molecule has 3 rings (SSSR count). The molecule has 6 heteroatoms. The van der Waals surface area contributed by atoms with Crippen molar-refractivity contribution in [2.75, 3.05) is 5.32 Å². The molecule has 0 radical (unpaired) electrons. The van der Waals surface area contributed by atoms with Crippen LogP contribution in [0.25, 0.3) is 0 Å². The summed E-state index contributed by atoms with van der Waals surface area (Å²) < 4.78 is 14.0. The predicted octanol–water partition coefficient (Wildman–Crippen LogP) is 2.52. The lowest BCUT2D eigenvalue weighted by Crippen LogP contribution is -2.45. The van der Waals surface area contributed by atoms with Crippen molar-refractivity contribution >= 4 is 11.7 Å². The van der Waals surface area contributed by atoms with Crippen LogP contribution in [0.5, 0.6) is 0 Å². The van der Waals surface area contributed by atoms with Crippen molar-refractivity contribution in [1.29, 1.82) is 5.26 Å². The van der Waals surface area contributed by atoms with Gasteiger partial charge in [0.05, 0.1) is 17.6 Å². The molecular formula is C17H15FN4O. The van der Waals surface area contributed by atoms with Crippen LogP contribution in [0.2, 0.25) is 0 Å². The van der Waals surface area contributed by atoms with Crippen molar-refractivity contribution < 1.29 is 9.18 Å². The maximum Gasteiger partial charge on any atom is 0.220 e. The number of carbonyl (C=O) groups excluding carboxylic acids is 1. The van der Waals surface area contributed by atoms with Crippen LogP contribution < -0.4 is 10.6 Å². The minimum absolute atomic E-state index is 0.0230. The van der Waals surface area contributed by atoms with Gasteiger partial charge in [0, 0.05) is 12.6 Å². The van der Waals surface area contributed by atoms with E-state index >= 15 is 0 Å². The Kier molecular flexibility index (Phi) is 4.20. The summed E-state index contributed by atoms with van der Waals surface area (Å²) in [6, 6.07) is 12.1. The molecule has 5 nitrogen and oxygen atoms in total. The second-order valence-corrected chi connectivity index (χ2v) is 5.41. The number of carbonyl (C=O) groups is 1. The van der Waals surface area contributed by atoms with E-state index in [0.717, 1.165) is 11.6 Å². The molecule has 2 aromatic rings. The van der Waals surface area contributed by atoms with Crippen LogP contribution in [0.15, 0.2) is 42.6 Å². The third-order valence-corrected chi connectivity index (χ3v) is 3.85. The Morgan fingerprint density at radius 2 is 2.13 bits per heavy atom. The summed E-state index contributed by atoms with van der Waals surface area (Å²) in [5.74, 6) is -0.510. The number of nitrogens with one attached hydrogen (secondary N) is 2. The average molecular weight is 310 g/mol. The highest BCUT2D eigenvalue weighted by molar-refractivity contribution is 5.77. The number of pyridine rings is 1. The van der Waals surface area contributed by atoms with Crippen LogP contribution in [0.4, 0.5) is 10.2 Å². The Balaban J connectivity index is 1.85. The van der Waals surface area contributed by atoms with Gasteiger partial charge < -0.3 is 10.6 Å². The van der Waals surface area contributed by atoms with E-state index in [1.54, 1.807) is 0 Å². The average Bonchev–Trinajstić information content (AvgIpc) is 2.58. The molecule has 1 fully saturated rings. The number of hydrogen-bond donors (Lipinski definition) is 2. The highest BCUT2D eigenvalue weighted by Gasteiger charge is 2.30. The molecule has 23 heavy (non-hydrogen) atoms. The number of hydrogen-bond acceptors (Lipinski definition) is 4. The molecule has 2 heterocycles. The fourth-order valence-electron chi connectivity index (χ4n) is 2.71. The Hall–Kier alpha value is -2.94. The van der Waals surface area contributed by atoms with E-state index in [1.165, 1.54) is 6.20 Å². The minimum atomic E-state index is -0.576. The SMILES string of the molecule is N#Cc1cnc(N[C@@H]2CCC(=O)N[C@H]2c2ccccc2)c(F)c1. The third-order valence-electron chi connectivity index (χ3n) is 3.85. The van der Waals surface area contributed by atoms with Crippen LogP contribution >= 0.6 is 0 Å². The summed E-state index contributed by atoms with van der Waals surface area (Å²) in [7, 11) is 0. The lowest BCUT2D eigenvalue weighted by atomic mass is 9.92. The van der Waals surface area contributed by atoms with Gasteiger partial charge >= 0.3 is 0 Å². The van der Waals surface area contributed by atoms with Gasteiger partial charge in [-0.05, 0) is 18.1 Å². The Labute approximate surface area is 133 Å². The minimum Gasteiger partial charge on any atom is -0.362 e. The number of aromatic nitrogens is 1. The van der Waals surface area contributed by atoms with Crippen molar-refractivity contribution in [2.45, 2.75) is 24.9 Å². The predicted molar refractivity (Wildman–Crippen MR) is 82.9 cm³/mol. The van der Waals surface area contributed by atoms with Gasteiger partial charge in [-0.25, -0.2) is 9.37 Å². The maximum atomic E-state index is 14.0. The van der Waals surface area contributed by atoms with Crippen LogP contribution in [0.3, 0.4) is 0 Å². The molecule has 2 N–H and O–H groups in total. The van der Waals surface area contributed by atoms with E-state index in [0.29, 0.717) is 12.8 Å². The second kappa shape index (κ2) is 6.44. The first kappa shape index (κ1) is 15.0. The lowest BCUT2D eigenvalue weighted by Gasteiger charge is -2.33. The monoisotopic (exact) mass is 310 g/mol. The van der Waals surface area contributed by atoms with Gasteiger partial charge in [0.2, 0.25) is 5.91 Å². The van der Waals surface area contributed by atoms with Crippen molar-refractivity contribution in [3.05, 3.63) is 59.5 Å². The van der Waals surface area contributed by atoms with Gasteiger partial charge in [-0.3, -0.25) is 4.79 Å².